The number of nitrogen functional groups attached to an aromatic ring is 1. The average Bonchev–Trinajstić information content (AvgIpc) is 2.81. The molecule has 0 spiro atoms. The molecule has 0 bridgehead atoms. The second kappa shape index (κ2) is 5.83. The van der Waals surface area contributed by atoms with Crippen molar-refractivity contribution in [3.05, 3.63) is 6.33 Å². The Morgan fingerprint density at radius 2 is 2.21 bits per heavy atom. The number of aromatic nitrogens is 4. The van der Waals surface area contributed by atoms with Gasteiger partial charge in [-0.05, 0) is 13.3 Å². The maximum Gasteiger partial charge on any atom is 0.226 e. The van der Waals surface area contributed by atoms with E-state index in [4.69, 9.17) is 11.5 Å². The highest BCUT2D eigenvalue weighted by Crippen LogP contribution is 2.23. The second-order valence-electron chi connectivity index (χ2n) is 4.61. The van der Waals surface area contributed by atoms with Gasteiger partial charge in [0.25, 0.3) is 0 Å². The third-order valence-corrected chi connectivity index (χ3v) is 3.06. The molecule has 7 nitrogen and oxygen atoms in total. The number of imidazole rings is 1. The third kappa shape index (κ3) is 2.76. The lowest BCUT2D eigenvalue weighted by Crippen LogP contribution is -2.15. The third-order valence-electron chi connectivity index (χ3n) is 3.06. The minimum Gasteiger partial charge on any atom is -0.382 e. The Labute approximate surface area is 112 Å². The van der Waals surface area contributed by atoms with Crippen molar-refractivity contribution in [1.82, 2.24) is 19.5 Å². The van der Waals surface area contributed by atoms with E-state index in [9.17, 15) is 0 Å². The van der Waals surface area contributed by atoms with E-state index in [2.05, 4.69) is 34.1 Å². The van der Waals surface area contributed by atoms with Crippen molar-refractivity contribution in [3.63, 3.8) is 0 Å². The molecule has 104 valence electrons. The van der Waals surface area contributed by atoms with Crippen molar-refractivity contribution >= 4 is 22.9 Å². The standard InChI is InChI=1S/C12H21N7/c1-3-4-8(2)19-7-16-9-10(14)17-12(15-6-5-13)18-11(9)19/h7-8H,3-6,13H2,1-2H3,(H3,14,15,17,18). The van der Waals surface area contributed by atoms with Gasteiger partial charge in [0.15, 0.2) is 11.5 Å². The monoisotopic (exact) mass is 263 g/mol. The maximum absolute atomic E-state index is 5.92. The maximum atomic E-state index is 5.92. The van der Waals surface area contributed by atoms with Crippen molar-refractivity contribution in [2.45, 2.75) is 32.7 Å². The van der Waals surface area contributed by atoms with E-state index >= 15 is 0 Å². The number of hydrogen-bond acceptors (Lipinski definition) is 6. The molecule has 0 aliphatic heterocycles. The lowest BCUT2D eigenvalue weighted by atomic mass is 10.2. The van der Waals surface area contributed by atoms with Crippen LogP contribution in [0.2, 0.25) is 0 Å². The highest BCUT2D eigenvalue weighted by molar-refractivity contribution is 5.82. The molecule has 0 amide bonds. The van der Waals surface area contributed by atoms with Gasteiger partial charge in [0.2, 0.25) is 5.95 Å². The van der Waals surface area contributed by atoms with Crippen molar-refractivity contribution in [1.29, 1.82) is 0 Å². The van der Waals surface area contributed by atoms with Crippen molar-refractivity contribution < 1.29 is 0 Å². The van der Waals surface area contributed by atoms with Crippen LogP contribution in [-0.2, 0) is 0 Å². The van der Waals surface area contributed by atoms with Gasteiger partial charge in [0, 0.05) is 19.1 Å². The molecule has 2 rings (SSSR count). The van der Waals surface area contributed by atoms with Gasteiger partial charge >= 0.3 is 0 Å². The van der Waals surface area contributed by atoms with Crippen LogP contribution in [0.1, 0.15) is 32.7 Å². The lowest BCUT2D eigenvalue weighted by molar-refractivity contribution is 0.509. The number of fused-ring (bicyclic) bond motifs is 1. The van der Waals surface area contributed by atoms with Gasteiger partial charge in [-0.2, -0.15) is 9.97 Å². The van der Waals surface area contributed by atoms with Crippen LogP contribution >= 0.6 is 0 Å². The van der Waals surface area contributed by atoms with E-state index in [-0.39, 0.29) is 0 Å². The first-order valence-corrected chi connectivity index (χ1v) is 6.61. The summed E-state index contributed by atoms with van der Waals surface area (Å²) in [6.07, 6.45) is 3.96. The lowest BCUT2D eigenvalue weighted by Gasteiger charge is -2.13. The number of rotatable bonds is 6. The molecule has 2 aromatic rings. The molecule has 0 radical (unpaired) electrons. The topological polar surface area (TPSA) is 108 Å². The summed E-state index contributed by atoms with van der Waals surface area (Å²) < 4.78 is 2.05. The fourth-order valence-electron chi connectivity index (χ4n) is 2.08. The Hall–Kier alpha value is -1.89. The zero-order chi connectivity index (χ0) is 13.8. The van der Waals surface area contributed by atoms with E-state index in [1.54, 1.807) is 6.33 Å². The van der Waals surface area contributed by atoms with Gasteiger partial charge in [0.05, 0.1) is 6.33 Å². The minimum atomic E-state index is 0.339. The molecule has 7 heteroatoms. The van der Waals surface area contributed by atoms with Crippen LogP contribution in [0, 0.1) is 0 Å². The van der Waals surface area contributed by atoms with Crippen molar-refractivity contribution in [2.75, 3.05) is 24.1 Å². The van der Waals surface area contributed by atoms with Crippen LogP contribution in [0.3, 0.4) is 0 Å². The summed E-state index contributed by atoms with van der Waals surface area (Å²) in [4.78, 5) is 13.0. The van der Waals surface area contributed by atoms with Crippen LogP contribution in [0.25, 0.3) is 11.2 Å². The number of nitrogens with two attached hydrogens (primary N) is 2. The van der Waals surface area contributed by atoms with Gasteiger partial charge in [0.1, 0.15) is 5.52 Å². The summed E-state index contributed by atoms with van der Waals surface area (Å²) in [6, 6.07) is 0.339. The van der Waals surface area contributed by atoms with Crippen molar-refractivity contribution in [3.8, 4) is 0 Å². The highest BCUT2D eigenvalue weighted by atomic mass is 15.2. The molecule has 19 heavy (non-hydrogen) atoms. The molecular formula is C12H21N7. The number of anilines is 2. The van der Waals surface area contributed by atoms with Crippen LogP contribution in [0.15, 0.2) is 6.33 Å². The van der Waals surface area contributed by atoms with E-state index in [1.807, 2.05) is 4.57 Å². The van der Waals surface area contributed by atoms with Crippen LogP contribution < -0.4 is 16.8 Å². The van der Waals surface area contributed by atoms with Crippen LogP contribution in [0.5, 0.6) is 0 Å². The normalized spacial score (nSPS) is 12.8. The molecule has 1 unspecified atom stereocenters. The van der Waals surface area contributed by atoms with E-state index in [0.717, 1.165) is 18.5 Å². The molecule has 0 saturated carbocycles. The Morgan fingerprint density at radius 1 is 1.42 bits per heavy atom. The summed E-state index contributed by atoms with van der Waals surface area (Å²) in [6.45, 7) is 5.44. The average molecular weight is 263 g/mol. The Balaban J connectivity index is 2.41. The van der Waals surface area contributed by atoms with Crippen LogP contribution in [0.4, 0.5) is 11.8 Å². The Bertz CT molecular complexity index is 548. The first kappa shape index (κ1) is 13.5. The van der Waals surface area contributed by atoms with Gasteiger partial charge < -0.3 is 21.4 Å². The summed E-state index contributed by atoms with van der Waals surface area (Å²) in [5.41, 5.74) is 12.8. The predicted molar refractivity (Wildman–Crippen MR) is 76.9 cm³/mol. The number of nitrogens with zero attached hydrogens (tertiary/aromatic N) is 4. The highest BCUT2D eigenvalue weighted by Gasteiger charge is 2.14. The minimum absolute atomic E-state index is 0.339. The molecule has 0 fully saturated rings. The molecule has 0 aliphatic rings. The molecule has 2 heterocycles. The van der Waals surface area contributed by atoms with E-state index < -0.39 is 0 Å². The molecule has 2 aromatic heterocycles. The first-order chi connectivity index (χ1) is 9.17. The molecular weight excluding hydrogens is 242 g/mol. The fraction of sp³-hybridized carbons (Fsp3) is 0.583. The summed E-state index contributed by atoms with van der Waals surface area (Å²) >= 11 is 0. The molecule has 0 aliphatic carbocycles. The van der Waals surface area contributed by atoms with E-state index in [1.165, 1.54) is 0 Å². The molecule has 1 atom stereocenters. The summed E-state index contributed by atoms with van der Waals surface area (Å²) in [7, 11) is 0. The SMILES string of the molecule is CCCC(C)n1cnc2c(N)nc(NCCN)nc21. The number of nitrogens with one attached hydrogen (secondary N) is 1. The van der Waals surface area contributed by atoms with Gasteiger partial charge in [-0.1, -0.05) is 13.3 Å². The second-order valence-corrected chi connectivity index (χ2v) is 4.61. The largest absolute Gasteiger partial charge is 0.382 e. The zero-order valence-electron chi connectivity index (χ0n) is 11.4. The quantitative estimate of drug-likeness (QED) is 0.721. The van der Waals surface area contributed by atoms with Crippen LogP contribution in [-0.4, -0.2) is 32.6 Å². The summed E-state index contributed by atoms with van der Waals surface area (Å²) in [5.74, 6) is 0.896. The Morgan fingerprint density at radius 3 is 2.89 bits per heavy atom. The van der Waals surface area contributed by atoms with Crippen molar-refractivity contribution in [2.24, 2.45) is 5.73 Å². The molecule has 5 N–H and O–H groups in total. The smallest absolute Gasteiger partial charge is 0.226 e. The van der Waals surface area contributed by atoms with Gasteiger partial charge in [-0.15, -0.1) is 0 Å². The predicted octanol–water partition coefficient (Wildman–Crippen LogP) is 1.14. The van der Waals surface area contributed by atoms with E-state index in [0.29, 0.717) is 36.4 Å². The van der Waals surface area contributed by atoms with Gasteiger partial charge in [-0.3, -0.25) is 0 Å². The Kier molecular flexibility index (Phi) is 4.16. The number of hydrogen-bond donors (Lipinski definition) is 3. The first-order valence-electron chi connectivity index (χ1n) is 6.61. The fourth-order valence-corrected chi connectivity index (χ4v) is 2.08. The van der Waals surface area contributed by atoms with Gasteiger partial charge in [-0.25, -0.2) is 4.98 Å². The molecule has 0 saturated heterocycles. The summed E-state index contributed by atoms with van der Waals surface area (Å²) in [5, 5.41) is 3.05. The molecule has 0 aromatic carbocycles. The zero-order valence-corrected chi connectivity index (χ0v) is 11.4.